The summed E-state index contributed by atoms with van der Waals surface area (Å²) >= 11 is 1.52. The van der Waals surface area contributed by atoms with E-state index in [1.165, 1.54) is 26.9 Å². The molecule has 164 valence electrons. The molecule has 1 amide bonds. The normalized spacial score (nSPS) is 16.2. The first-order chi connectivity index (χ1) is 14.5. The number of likely N-dealkylation sites (N-methyl/N-ethyl adjacent to an activating group) is 1. The van der Waals surface area contributed by atoms with Crippen molar-refractivity contribution in [2.24, 2.45) is 5.73 Å². The van der Waals surface area contributed by atoms with Gasteiger partial charge in [0.05, 0.1) is 25.3 Å². The first-order valence-electron chi connectivity index (χ1n) is 9.56. The number of fused-ring (bicyclic) bond motifs is 1. The summed E-state index contributed by atoms with van der Waals surface area (Å²) in [5.74, 6) is -0.163. The van der Waals surface area contributed by atoms with Gasteiger partial charge in [0.2, 0.25) is 5.91 Å². The van der Waals surface area contributed by atoms with E-state index in [0.717, 1.165) is 21.0 Å². The monoisotopic (exact) mass is 463 g/mol. The number of nitrogens with zero attached hydrogens (tertiary/aromatic N) is 4. The van der Waals surface area contributed by atoms with E-state index < -0.39 is 0 Å². The second-order valence-electron chi connectivity index (χ2n) is 7.26. The number of benzene rings is 1. The van der Waals surface area contributed by atoms with E-state index in [9.17, 15) is 14.0 Å². The van der Waals surface area contributed by atoms with Crippen LogP contribution in [0.1, 0.15) is 21.2 Å². The lowest BCUT2D eigenvalue weighted by molar-refractivity contribution is -0.120. The predicted octanol–water partition coefficient (Wildman–Crippen LogP) is 2.69. The van der Waals surface area contributed by atoms with E-state index in [-0.39, 0.29) is 43.0 Å². The number of hydrogen-bond acceptors (Lipinski definition) is 5. The highest BCUT2D eigenvalue weighted by Crippen LogP contribution is 2.37. The van der Waals surface area contributed by atoms with Crippen LogP contribution in [0.3, 0.4) is 0 Å². The van der Waals surface area contributed by atoms with Crippen molar-refractivity contribution in [2.75, 3.05) is 18.5 Å². The molecule has 0 saturated carbocycles. The number of para-hydroxylation sites is 1. The molecule has 0 spiro atoms. The second kappa shape index (κ2) is 9.59. The van der Waals surface area contributed by atoms with Gasteiger partial charge >= 0.3 is 5.69 Å². The highest BCUT2D eigenvalue weighted by Gasteiger charge is 2.32. The lowest BCUT2D eigenvalue weighted by Crippen LogP contribution is -2.36. The fraction of sp³-hybridized carbons (Fsp3) is 0.286. The van der Waals surface area contributed by atoms with Crippen LogP contribution < -0.4 is 16.3 Å². The maximum Gasteiger partial charge on any atom is 0.346 e. The number of amides is 1. The molecule has 0 fully saturated rings. The summed E-state index contributed by atoms with van der Waals surface area (Å²) in [4.78, 5) is 29.0. The van der Waals surface area contributed by atoms with Crippen LogP contribution in [0, 0.1) is 0 Å². The Morgan fingerprint density at radius 1 is 1.29 bits per heavy atom. The Kier molecular flexibility index (Phi) is 7.09. The van der Waals surface area contributed by atoms with Gasteiger partial charge in [-0.15, -0.1) is 23.7 Å². The van der Waals surface area contributed by atoms with Crippen molar-refractivity contribution in [1.29, 1.82) is 0 Å². The van der Waals surface area contributed by atoms with E-state index in [2.05, 4.69) is 11.2 Å². The highest BCUT2D eigenvalue weighted by molar-refractivity contribution is 7.12. The number of rotatable bonds is 6. The molecule has 3 aromatic rings. The summed E-state index contributed by atoms with van der Waals surface area (Å²) in [6.07, 6.45) is 2.51. The van der Waals surface area contributed by atoms with Crippen molar-refractivity contribution in [3.05, 3.63) is 80.4 Å². The second-order valence-corrected chi connectivity index (χ2v) is 8.46. The van der Waals surface area contributed by atoms with Crippen molar-refractivity contribution >= 4 is 35.3 Å². The van der Waals surface area contributed by atoms with Crippen molar-refractivity contribution < 1.29 is 9.18 Å². The highest BCUT2D eigenvalue weighted by atomic mass is 35.5. The molecule has 2 N–H and O–H groups in total. The molecule has 0 bridgehead atoms. The first-order valence-corrected chi connectivity index (χ1v) is 10.4. The minimum absolute atomic E-state index is 0. The van der Waals surface area contributed by atoms with E-state index >= 15 is 0 Å². The summed E-state index contributed by atoms with van der Waals surface area (Å²) in [7, 11) is 1.80. The molecule has 1 aliphatic heterocycles. The number of halogens is 2. The Balaban J connectivity index is 0.00000272. The van der Waals surface area contributed by atoms with Gasteiger partial charge in [0.25, 0.3) is 0 Å². The third kappa shape index (κ3) is 4.48. The number of anilines is 1. The van der Waals surface area contributed by atoms with Gasteiger partial charge in [0.15, 0.2) is 0 Å². The predicted molar refractivity (Wildman–Crippen MR) is 122 cm³/mol. The molecule has 2 aromatic heterocycles. The molecular weight excluding hydrogens is 441 g/mol. The van der Waals surface area contributed by atoms with Crippen LogP contribution in [0.4, 0.5) is 10.1 Å². The molecule has 10 heteroatoms. The summed E-state index contributed by atoms with van der Waals surface area (Å²) in [5, 5.41) is 4.04. The Morgan fingerprint density at radius 3 is 2.81 bits per heavy atom. The van der Waals surface area contributed by atoms with Crippen molar-refractivity contribution in [2.45, 2.75) is 25.4 Å². The molecule has 0 aliphatic carbocycles. The quantitative estimate of drug-likeness (QED) is 0.609. The maximum atomic E-state index is 12.9. The van der Waals surface area contributed by atoms with Gasteiger partial charge in [-0.2, -0.15) is 5.10 Å². The zero-order chi connectivity index (χ0) is 21.3. The molecular formula is C21H23ClFN5O2S. The van der Waals surface area contributed by atoms with Gasteiger partial charge in [-0.25, -0.2) is 13.9 Å². The van der Waals surface area contributed by atoms with E-state index in [1.54, 1.807) is 11.9 Å². The lowest BCUT2D eigenvalue weighted by Gasteiger charge is -2.31. The van der Waals surface area contributed by atoms with Crippen molar-refractivity contribution in [3.8, 4) is 0 Å². The summed E-state index contributed by atoms with van der Waals surface area (Å²) in [6, 6.07) is 11.8. The average Bonchev–Trinajstić information content (AvgIpc) is 3.36. The Hall–Kier alpha value is -2.75. The van der Waals surface area contributed by atoms with E-state index in [4.69, 9.17) is 5.73 Å². The van der Waals surface area contributed by atoms with Gasteiger partial charge in [0.1, 0.15) is 6.33 Å². The fourth-order valence-electron chi connectivity index (χ4n) is 3.65. The number of hydrogen-bond donors (Lipinski definition) is 1. The van der Waals surface area contributed by atoms with E-state index in [0.29, 0.717) is 24.9 Å². The fourth-order valence-corrected chi connectivity index (χ4v) is 4.76. The Labute approximate surface area is 189 Å². The zero-order valence-electron chi connectivity index (χ0n) is 16.9. The molecule has 4 rings (SSSR count). The number of carbonyl (C=O) groups is 1. The SMILES string of the molecule is CN1C(=O)C(c2ccc(Cn3cnn(C/C(=C/F)CN)c3=O)s2)Cc2ccccc21.Cl. The largest absolute Gasteiger partial charge is 0.346 e. The van der Waals surface area contributed by atoms with Gasteiger partial charge < -0.3 is 10.6 Å². The minimum atomic E-state index is -0.333. The van der Waals surface area contributed by atoms with Crippen LogP contribution >= 0.6 is 23.7 Å². The van der Waals surface area contributed by atoms with E-state index in [1.807, 2.05) is 30.3 Å². The van der Waals surface area contributed by atoms with Crippen LogP contribution in [0.25, 0.3) is 0 Å². The number of thiophene rings is 1. The number of nitrogens with two attached hydrogens (primary N) is 1. The standard InChI is InChI=1S/C21H22FN5O2S.ClH/c1-25-18-5-3-2-4-15(18)8-17(20(25)28)19-7-6-16(30-19)12-26-13-24-27(21(26)29)11-14(9-22)10-23;/h2-7,9,13,17H,8,10-12,23H2,1H3;1H/b14-9+;. The van der Waals surface area contributed by atoms with Gasteiger partial charge in [-0.3, -0.25) is 9.36 Å². The maximum absolute atomic E-state index is 12.9. The third-order valence-corrected chi connectivity index (χ3v) is 6.51. The Morgan fingerprint density at radius 2 is 2.06 bits per heavy atom. The van der Waals surface area contributed by atoms with Crippen molar-refractivity contribution in [1.82, 2.24) is 14.3 Å². The van der Waals surface area contributed by atoms with Crippen LogP contribution in [0.15, 0.2) is 59.4 Å². The minimum Gasteiger partial charge on any atom is -0.327 e. The third-order valence-electron chi connectivity index (χ3n) is 5.32. The van der Waals surface area contributed by atoms with Gasteiger partial charge in [-0.1, -0.05) is 18.2 Å². The van der Waals surface area contributed by atoms with Crippen LogP contribution in [-0.2, 0) is 24.3 Å². The van der Waals surface area contributed by atoms with Crippen LogP contribution in [0.2, 0.25) is 0 Å². The number of aromatic nitrogens is 3. The lowest BCUT2D eigenvalue weighted by atomic mass is 9.91. The molecule has 0 radical (unpaired) electrons. The molecule has 7 nitrogen and oxygen atoms in total. The first kappa shape index (κ1) is 22.9. The van der Waals surface area contributed by atoms with Gasteiger partial charge in [0, 0.05) is 29.0 Å². The molecule has 1 aliphatic rings. The zero-order valence-corrected chi connectivity index (χ0v) is 18.5. The molecule has 1 atom stereocenters. The summed E-state index contributed by atoms with van der Waals surface area (Å²) in [6.45, 7) is 0.391. The molecule has 0 saturated heterocycles. The molecule has 31 heavy (non-hydrogen) atoms. The Bertz CT molecular complexity index is 1170. The van der Waals surface area contributed by atoms with Gasteiger partial charge in [-0.05, 0) is 35.8 Å². The molecule has 1 aromatic carbocycles. The van der Waals surface area contributed by atoms with Crippen LogP contribution in [-0.4, -0.2) is 33.8 Å². The average molecular weight is 464 g/mol. The van der Waals surface area contributed by atoms with Crippen LogP contribution in [0.5, 0.6) is 0 Å². The molecule has 1 unspecified atom stereocenters. The number of carbonyl (C=O) groups excluding carboxylic acids is 1. The summed E-state index contributed by atoms with van der Waals surface area (Å²) < 4.78 is 15.4. The smallest absolute Gasteiger partial charge is 0.327 e. The van der Waals surface area contributed by atoms with Crippen molar-refractivity contribution in [3.63, 3.8) is 0 Å². The molecule has 3 heterocycles. The topological polar surface area (TPSA) is 86.2 Å². The summed E-state index contributed by atoms with van der Waals surface area (Å²) in [5.41, 5.74) is 7.51.